The van der Waals surface area contributed by atoms with E-state index >= 15 is 0 Å². The SMILES string of the molecule is Cc1cn([C@H]2C[C@H](O)[C@@H](COCC#N)O2)c(=O)[nH]c1=O. The van der Waals surface area contributed by atoms with Gasteiger partial charge in [0.2, 0.25) is 0 Å². The number of aryl methyl sites for hydroxylation is 1. The number of aromatic nitrogens is 2. The molecular formula is C12H15N3O5. The van der Waals surface area contributed by atoms with E-state index in [9.17, 15) is 14.7 Å². The lowest BCUT2D eigenvalue weighted by atomic mass is 10.2. The van der Waals surface area contributed by atoms with Crippen LogP contribution in [0.3, 0.4) is 0 Å². The molecular weight excluding hydrogens is 266 g/mol. The molecule has 0 unspecified atom stereocenters. The number of hydrogen-bond donors (Lipinski definition) is 2. The number of nitrogens with zero attached hydrogens (tertiary/aromatic N) is 2. The van der Waals surface area contributed by atoms with E-state index in [1.807, 2.05) is 6.07 Å². The summed E-state index contributed by atoms with van der Waals surface area (Å²) in [5.41, 5.74) is -0.651. The van der Waals surface area contributed by atoms with E-state index in [1.54, 1.807) is 6.92 Å². The van der Waals surface area contributed by atoms with Crippen molar-refractivity contribution in [2.75, 3.05) is 13.2 Å². The van der Waals surface area contributed by atoms with Crippen LogP contribution in [0.1, 0.15) is 18.2 Å². The first-order valence-electron chi connectivity index (χ1n) is 6.13. The molecule has 1 aliphatic heterocycles. The smallest absolute Gasteiger partial charge is 0.330 e. The van der Waals surface area contributed by atoms with Crippen molar-refractivity contribution in [2.24, 2.45) is 0 Å². The van der Waals surface area contributed by atoms with Gasteiger partial charge in [0.05, 0.1) is 18.8 Å². The molecule has 0 amide bonds. The summed E-state index contributed by atoms with van der Waals surface area (Å²) in [4.78, 5) is 25.2. The fraction of sp³-hybridized carbons (Fsp3) is 0.583. The average molecular weight is 281 g/mol. The van der Waals surface area contributed by atoms with E-state index in [0.29, 0.717) is 5.56 Å². The Hall–Kier alpha value is -1.95. The lowest BCUT2D eigenvalue weighted by Crippen LogP contribution is -2.33. The Morgan fingerprint density at radius 3 is 3.10 bits per heavy atom. The molecule has 0 saturated carbocycles. The summed E-state index contributed by atoms with van der Waals surface area (Å²) in [5, 5.41) is 18.2. The molecule has 0 spiro atoms. The second-order valence-corrected chi connectivity index (χ2v) is 4.58. The van der Waals surface area contributed by atoms with Crippen molar-refractivity contribution in [3.8, 4) is 6.07 Å². The zero-order valence-electron chi connectivity index (χ0n) is 10.9. The van der Waals surface area contributed by atoms with Crippen molar-refractivity contribution in [2.45, 2.75) is 31.8 Å². The summed E-state index contributed by atoms with van der Waals surface area (Å²) in [7, 11) is 0. The minimum Gasteiger partial charge on any atom is -0.390 e. The fourth-order valence-corrected chi connectivity index (χ4v) is 2.06. The van der Waals surface area contributed by atoms with Crippen molar-refractivity contribution in [3.05, 3.63) is 32.6 Å². The minimum absolute atomic E-state index is 0.0717. The molecule has 8 nitrogen and oxygen atoms in total. The Bertz CT molecular complexity index is 629. The molecule has 0 bridgehead atoms. The van der Waals surface area contributed by atoms with E-state index < -0.39 is 29.7 Å². The van der Waals surface area contributed by atoms with E-state index in [0.717, 1.165) is 0 Å². The minimum atomic E-state index is -0.794. The molecule has 8 heteroatoms. The third-order valence-corrected chi connectivity index (χ3v) is 3.11. The number of nitriles is 1. The molecule has 1 aliphatic rings. The highest BCUT2D eigenvalue weighted by molar-refractivity contribution is 5.02. The number of aliphatic hydroxyl groups is 1. The topological polar surface area (TPSA) is 117 Å². The van der Waals surface area contributed by atoms with Crippen molar-refractivity contribution in [3.63, 3.8) is 0 Å². The molecule has 0 aromatic carbocycles. The van der Waals surface area contributed by atoms with Crippen LogP contribution in [0.25, 0.3) is 0 Å². The summed E-state index contributed by atoms with van der Waals surface area (Å²) < 4.78 is 11.8. The molecule has 20 heavy (non-hydrogen) atoms. The van der Waals surface area contributed by atoms with Gasteiger partial charge in [0.1, 0.15) is 18.9 Å². The number of H-pyrrole nitrogens is 1. The van der Waals surface area contributed by atoms with Crippen LogP contribution in [0, 0.1) is 18.3 Å². The van der Waals surface area contributed by atoms with Gasteiger partial charge in [0, 0.05) is 18.2 Å². The highest BCUT2D eigenvalue weighted by Crippen LogP contribution is 2.27. The van der Waals surface area contributed by atoms with Crippen LogP contribution in [0.15, 0.2) is 15.8 Å². The number of nitrogens with one attached hydrogen (secondary N) is 1. The normalized spacial score (nSPS) is 25.6. The lowest BCUT2D eigenvalue weighted by molar-refractivity contribution is -0.0591. The number of aliphatic hydroxyl groups excluding tert-OH is 1. The van der Waals surface area contributed by atoms with Gasteiger partial charge < -0.3 is 14.6 Å². The van der Waals surface area contributed by atoms with E-state index in [-0.39, 0.29) is 19.6 Å². The van der Waals surface area contributed by atoms with Crippen molar-refractivity contribution < 1.29 is 14.6 Å². The molecule has 1 saturated heterocycles. The molecule has 2 N–H and O–H groups in total. The number of ether oxygens (including phenoxy) is 2. The Balaban J connectivity index is 2.12. The predicted octanol–water partition coefficient (Wildman–Crippen LogP) is -0.966. The highest BCUT2D eigenvalue weighted by Gasteiger charge is 2.35. The number of rotatable bonds is 4. The van der Waals surface area contributed by atoms with E-state index in [4.69, 9.17) is 14.7 Å². The third kappa shape index (κ3) is 2.96. The monoisotopic (exact) mass is 281 g/mol. The first kappa shape index (κ1) is 14.5. The summed E-state index contributed by atoms with van der Waals surface area (Å²) in [5.74, 6) is 0. The van der Waals surface area contributed by atoms with Gasteiger partial charge in [-0.05, 0) is 6.92 Å². The average Bonchev–Trinajstić information content (AvgIpc) is 2.76. The highest BCUT2D eigenvalue weighted by atomic mass is 16.6. The molecule has 2 heterocycles. The molecule has 108 valence electrons. The van der Waals surface area contributed by atoms with Crippen LogP contribution in [-0.4, -0.2) is 40.1 Å². The van der Waals surface area contributed by atoms with Gasteiger partial charge in [0.25, 0.3) is 5.56 Å². The Kier molecular flexibility index (Phi) is 4.34. The van der Waals surface area contributed by atoms with Gasteiger partial charge in [-0.25, -0.2) is 4.79 Å². The largest absolute Gasteiger partial charge is 0.390 e. The predicted molar refractivity (Wildman–Crippen MR) is 67.0 cm³/mol. The number of aromatic amines is 1. The number of hydrogen-bond acceptors (Lipinski definition) is 6. The van der Waals surface area contributed by atoms with Crippen LogP contribution in [0.4, 0.5) is 0 Å². The Morgan fingerprint density at radius 1 is 1.65 bits per heavy atom. The fourth-order valence-electron chi connectivity index (χ4n) is 2.06. The van der Waals surface area contributed by atoms with E-state index in [2.05, 4.69) is 4.98 Å². The summed E-state index contributed by atoms with van der Waals surface area (Å²) in [6.45, 7) is 1.56. The van der Waals surface area contributed by atoms with Crippen molar-refractivity contribution >= 4 is 0 Å². The van der Waals surface area contributed by atoms with Crippen LogP contribution in [0.5, 0.6) is 0 Å². The standard InChI is InChI=1S/C12H15N3O5/c1-7-5-15(12(18)14-11(7)17)10-4-8(16)9(20-10)6-19-3-2-13/h5,8-10,16H,3-4,6H2,1H3,(H,14,17,18)/t8-,9+,10+/m0/s1. The molecule has 0 radical (unpaired) electrons. The van der Waals surface area contributed by atoms with Crippen LogP contribution in [0.2, 0.25) is 0 Å². The molecule has 1 fully saturated rings. The lowest BCUT2D eigenvalue weighted by Gasteiger charge is -2.15. The summed E-state index contributed by atoms with van der Waals surface area (Å²) >= 11 is 0. The van der Waals surface area contributed by atoms with Crippen LogP contribution < -0.4 is 11.2 Å². The van der Waals surface area contributed by atoms with Gasteiger partial charge in [-0.3, -0.25) is 14.3 Å². The van der Waals surface area contributed by atoms with Crippen LogP contribution >= 0.6 is 0 Å². The molecule has 1 aromatic rings. The van der Waals surface area contributed by atoms with Gasteiger partial charge in [-0.15, -0.1) is 0 Å². The van der Waals surface area contributed by atoms with Crippen molar-refractivity contribution in [1.82, 2.24) is 9.55 Å². The zero-order chi connectivity index (χ0) is 14.7. The second-order valence-electron chi connectivity index (χ2n) is 4.58. The maximum absolute atomic E-state index is 11.7. The second kappa shape index (κ2) is 6.00. The van der Waals surface area contributed by atoms with E-state index in [1.165, 1.54) is 10.8 Å². The maximum atomic E-state index is 11.7. The molecule has 0 aliphatic carbocycles. The van der Waals surface area contributed by atoms with Crippen LogP contribution in [-0.2, 0) is 9.47 Å². The molecule has 1 aromatic heterocycles. The Labute approximate surface area is 114 Å². The quantitative estimate of drug-likeness (QED) is 0.686. The van der Waals surface area contributed by atoms with Gasteiger partial charge >= 0.3 is 5.69 Å². The first-order valence-corrected chi connectivity index (χ1v) is 6.13. The summed E-state index contributed by atoms with van der Waals surface area (Å²) in [6, 6.07) is 1.82. The first-order chi connectivity index (χ1) is 9.52. The summed E-state index contributed by atoms with van der Waals surface area (Å²) in [6.07, 6.45) is -0.447. The van der Waals surface area contributed by atoms with Gasteiger partial charge in [-0.2, -0.15) is 5.26 Å². The third-order valence-electron chi connectivity index (χ3n) is 3.11. The molecule has 3 atom stereocenters. The van der Waals surface area contributed by atoms with Gasteiger partial charge in [-0.1, -0.05) is 0 Å². The Morgan fingerprint density at radius 2 is 2.40 bits per heavy atom. The van der Waals surface area contributed by atoms with Crippen molar-refractivity contribution in [1.29, 1.82) is 5.26 Å². The van der Waals surface area contributed by atoms with Gasteiger partial charge in [0.15, 0.2) is 0 Å². The molecule has 2 rings (SSSR count). The zero-order valence-corrected chi connectivity index (χ0v) is 10.9. The maximum Gasteiger partial charge on any atom is 0.330 e.